The SMILES string of the molecule is CC.CCC(=O)c1c(O)cc(C(C)CC/C=C/NC(=O)OC)oc1=O.Cc1ccc(OCC2CCCC2)cc1. The summed E-state index contributed by atoms with van der Waals surface area (Å²) < 4.78 is 15.3. The zero-order chi connectivity index (χ0) is 29.2. The van der Waals surface area contributed by atoms with Crippen molar-refractivity contribution in [1.29, 1.82) is 0 Å². The Morgan fingerprint density at radius 3 is 2.38 bits per heavy atom. The number of hydrogen-bond donors (Lipinski definition) is 2. The first-order valence-electron chi connectivity index (χ1n) is 13.8. The van der Waals surface area contributed by atoms with Gasteiger partial charge in [0.25, 0.3) is 0 Å². The normalized spacial score (nSPS) is 13.5. The zero-order valence-electron chi connectivity index (χ0n) is 24.2. The van der Waals surface area contributed by atoms with Crippen LogP contribution in [0.5, 0.6) is 11.5 Å². The number of aromatic hydroxyl groups is 1. The number of methoxy groups -OCH3 is 1. The highest BCUT2D eigenvalue weighted by Gasteiger charge is 2.19. The van der Waals surface area contributed by atoms with Crippen molar-refractivity contribution in [3.8, 4) is 11.5 Å². The molecule has 0 radical (unpaired) electrons. The van der Waals surface area contributed by atoms with Crippen molar-refractivity contribution in [3.05, 3.63) is 69.9 Å². The van der Waals surface area contributed by atoms with Gasteiger partial charge in [-0.05, 0) is 50.7 Å². The maximum Gasteiger partial charge on any atom is 0.410 e. The molecular weight excluding hydrogens is 498 g/mol. The van der Waals surface area contributed by atoms with Crippen molar-refractivity contribution in [1.82, 2.24) is 5.32 Å². The first-order chi connectivity index (χ1) is 18.7. The number of aryl methyl sites for hydroxylation is 1. The van der Waals surface area contributed by atoms with Crippen LogP contribution in [-0.4, -0.2) is 30.7 Å². The van der Waals surface area contributed by atoms with Crippen LogP contribution < -0.4 is 15.7 Å². The van der Waals surface area contributed by atoms with Crippen LogP contribution in [0.3, 0.4) is 0 Å². The van der Waals surface area contributed by atoms with E-state index in [1.807, 2.05) is 20.8 Å². The maximum absolute atomic E-state index is 11.8. The lowest BCUT2D eigenvalue weighted by Crippen LogP contribution is -2.16. The molecule has 1 atom stereocenters. The van der Waals surface area contributed by atoms with Crippen molar-refractivity contribution in [2.45, 2.75) is 85.5 Å². The number of hydrogen-bond acceptors (Lipinski definition) is 7. The Balaban J connectivity index is 0.000000403. The van der Waals surface area contributed by atoms with Gasteiger partial charge in [-0.25, -0.2) is 9.59 Å². The van der Waals surface area contributed by atoms with Gasteiger partial charge in [0.1, 0.15) is 22.8 Å². The molecule has 2 aromatic rings. The largest absolute Gasteiger partial charge is 0.507 e. The highest BCUT2D eigenvalue weighted by Crippen LogP contribution is 2.26. The second-order valence-corrected chi connectivity index (χ2v) is 9.26. The minimum atomic E-state index is -0.818. The van der Waals surface area contributed by atoms with Crippen LogP contribution in [0, 0.1) is 12.8 Å². The third kappa shape index (κ3) is 12.2. The van der Waals surface area contributed by atoms with Gasteiger partial charge in [0, 0.05) is 24.6 Å². The van der Waals surface area contributed by atoms with Gasteiger partial charge in [0.15, 0.2) is 5.78 Å². The van der Waals surface area contributed by atoms with Gasteiger partial charge >= 0.3 is 11.7 Å². The number of amides is 1. The summed E-state index contributed by atoms with van der Waals surface area (Å²) in [5.41, 5.74) is 0.172. The Labute approximate surface area is 232 Å². The quantitative estimate of drug-likeness (QED) is 0.303. The summed E-state index contributed by atoms with van der Waals surface area (Å²) in [5.74, 6) is 1.19. The molecule has 216 valence electrons. The monoisotopic (exact) mass is 543 g/mol. The van der Waals surface area contributed by atoms with Crippen molar-refractivity contribution in [3.63, 3.8) is 0 Å². The number of alkyl carbamates (subject to hydrolysis) is 1. The van der Waals surface area contributed by atoms with E-state index in [-0.39, 0.29) is 23.7 Å². The number of nitrogens with one attached hydrogen (secondary N) is 1. The lowest BCUT2D eigenvalue weighted by atomic mass is 10.0. The molecule has 39 heavy (non-hydrogen) atoms. The highest BCUT2D eigenvalue weighted by molar-refractivity contribution is 5.97. The first-order valence-corrected chi connectivity index (χ1v) is 13.8. The molecular formula is C31H45NO7. The fourth-order valence-electron chi connectivity index (χ4n) is 3.96. The number of ketones is 1. The average molecular weight is 544 g/mol. The van der Waals surface area contributed by atoms with Crippen LogP contribution in [0.1, 0.15) is 100 Å². The predicted octanol–water partition coefficient (Wildman–Crippen LogP) is 7.28. The molecule has 1 aromatic carbocycles. The molecule has 1 aliphatic rings. The smallest absolute Gasteiger partial charge is 0.410 e. The summed E-state index contributed by atoms with van der Waals surface area (Å²) in [7, 11) is 1.27. The Bertz CT molecular complexity index is 1080. The third-order valence-electron chi connectivity index (χ3n) is 6.29. The van der Waals surface area contributed by atoms with Gasteiger partial charge in [-0.1, -0.05) is 64.3 Å². The fraction of sp³-hybridized carbons (Fsp3) is 0.516. The standard InChI is InChI=1S/C16H21NO6.C13H18O.C2H6/c1-4-11(18)14-12(19)9-13(23-15(14)20)10(2)7-5-6-8-17-16(21)22-3;1-11-6-8-13(9-7-11)14-10-12-4-2-3-5-12;1-2/h6,8-10,19H,4-5,7H2,1-3H3,(H,17,21);6-9,12H,2-5,10H2,1H3;1-2H3/b8-6+;;. The predicted molar refractivity (Wildman–Crippen MR) is 154 cm³/mol. The van der Waals surface area contributed by atoms with Crippen molar-refractivity contribution in [2.75, 3.05) is 13.7 Å². The minimum Gasteiger partial charge on any atom is -0.507 e. The molecule has 1 heterocycles. The number of Topliss-reactive ketones (excluding diaryl/α,β-unsaturated/α-hetero) is 1. The summed E-state index contributed by atoms with van der Waals surface area (Å²) in [6.07, 6.45) is 9.50. The van der Waals surface area contributed by atoms with Gasteiger partial charge in [0.05, 0.1) is 13.7 Å². The van der Waals surface area contributed by atoms with Crippen LogP contribution in [0.4, 0.5) is 4.79 Å². The molecule has 0 spiro atoms. The summed E-state index contributed by atoms with van der Waals surface area (Å²) in [4.78, 5) is 34.2. The molecule has 1 aliphatic carbocycles. The molecule has 1 saturated carbocycles. The Morgan fingerprint density at radius 1 is 1.18 bits per heavy atom. The van der Waals surface area contributed by atoms with Crippen molar-refractivity contribution < 1.29 is 28.6 Å². The average Bonchev–Trinajstić information content (AvgIpc) is 3.47. The number of rotatable bonds is 10. The lowest BCUT2D eigenvalue weighted by molar-refractivity contribution is 0.0980. The lowest BCUT2D eigenvalue weighted by Gasteiger charge is -2.11. The number of benzene rings is 1. The second-order valence-electron chi connectivity index (χ2n) is 9.26. The van der Waals surface area contributed by atoms with Gasteiger partial charge in [-0.3, -0.25) is 10.1 Å². The third-order valence-corrected chi connectivity index (χ3v) is 6.29. The molecule has 0 saturated heterocycles. The van der Waals surface area contributed by atoms with Gasteiger partial charge in [-0.2, -0.15) is 0 Å². The van der Waals surface area contributed by atoms with Crippen LogP contribution in [0.25, 0.3) is 0 Å². The van der Waals surface area contributed by atoms with Crippen LogP contribution in [-0.2, 0) is 4.74 Å². The summed E-state index contributed by atoms with van der Waals surface area (Å²) in [5, 5.41) is 12.3. The van der Waals surface area contributed by atoms with E-state index in [0.29, 0.717) is 18.6 Å². The highest BCUT2D eigenvalue weighted by atomic mass is 16.5. The fourth-order valence-corrected chi connectivity index (χ4v) is 3.96. The van der Waals surface area contributed by atoms with Crippen molar-refractivity contribution in [2.24, 2.45) is 5.92 Å². The van der Waals surface area contributed by atoms with Gasteiger partial charge in [-0.15, -0.1) is 0 Å². The van der Waals surface area contributed by atoms with E-state index >= 15 is 0 Å². The van der Waals surface area contributed by atoms with E-state index in [1.165, 1.54) is 50.6 Å². The Kier molecular flexibility index (Phi) is 16.0. The number of ether oxygens (including phenoxy) is 2. The molecule has 1 unspecified atom stereocenters. The molecule has 1 amide bonds. The zero-order valence-corrected chi connectivity index (χ0v) is 24.2. The van der Waals surface area contributed by atoms with E-state index in [0.717, 1.165) is 18.3 Å². The molecule has 1 aromatic heterocycles. The Morgan fingerprint density at radius 2 is 1.82 bits per heavy atom. The van der Waals surface area contributed by atoms with E-state index in [2.05, 4.69) is 41.2 Å². The van der Waals surface area contributed by atoms with Crippen molar-refractivity contribution >= 4 is 11.9 Å². The van der Waals surface area contributed by atoms with Crippen LogP contribution >= 0.6 is 0 Å². The summed E-state index contributed by atoms with van der Waals surface area (Å²) in [6, 6.07) is 9.63. The molecule has 1 fully saturated rings. The van der Waals surface area contributed by atoms with E-state index < -0.39 is 17.5 Å². The first kappa shape index (κ1) is 33.5. The summed E-state index contributed by atoms with van der Waals surface area (Å²) in [6.45, 7) is 10.4. The molecule has 8 nitrogen and oxygen atoms in total. The van der Waals surface area contributed by atoms with Gasteiger partial charge in [0.2, 0.25) is 0 Å². The molecule has 3 rings (SSSR count). The Hall–Kier alpha value is -3.55. The summed E-state index contributed by atoms with van der Waals surface area (Å²) >= 11 is 0. The van der Waals surface area contributed by atoms with E-state index in [9.17, 15) is 19.5 Å². The molecule has 8 heteroatoms. The van der Waals surface area contributed by atoms with E-state index in [1.54, 1.807) is 13.0 Å². The van der Waals surface area contributed by atoms with E-state index in [4.69, 9.17) is 9.15 Å². The van der Waals surface area contributed by atoms with Crippen LogP contribution in [0.2, 0.25) is 0 Å². The number of carbonyl (C=O) groups is 2. The molecule has 2 N–H and O–H groups in total. The van der Waals surface area contributed by atoms with Gasteiger partial charge < -0.3 is 19.0 Å². The molecule has 0 bridgehead atoms. The maximum atomic E-state index is 11.8. The topological polar surface area (TPSA) is 115 Å². The van der Waals surface area contributed by atoms with Crippen LogP contribution in [0.15, 0.2) is 51.8 Å². The molecule has 0 aliphatic heterocycles. The number of carbonyl (C=O) groups excluding carboxylic acids is 2. The number of allylic oxidation sites excluding steroid dienone is 1. The minimum absolute atomic E-state index is 0.116. The second kappa shape index (κ2) is 18.7.